The molecule has 0 spiro atoms. The summed E-state index contributed by atoms with van der Waals surface area (Å²) in [6.07, 6.45) is 9.04. The molecule has 3 rings (SSSR count). The molecule has 2 aliphatic rings. The van der Waals surface area contributed by atoms with Gasteiger partial charge in [0.15, 0.2) is 0 Å². The third kappa shape index (κ3) is 1.88. The van der Waals surface area contributed by atoms with Gasteiger partial charge in [-0.3, -0.25) is 4.79 Å². The Bertz CT molecular complexity index is 530. The average Bonchev–Trinajstić information content (AvgIpc) is 2.69. The number of nitrogens with zero attached hydrogens (tertiary/aromatic N) is 1. The van der Waals surface area contributed by atoms with Crippen LogP contribution in [0.3, 0.4) is 0 Å². The molecule has 1 aromatic carbocycles. The van der Waals surface area contributed by atoms with Gasteiger partial charge >= 0.3 is 0 Å². The number of rotatable bonds is 2. The van der Waals surface area contributed by atoms with Crippen molar-refractivity contribution in [3.8, 4) is 0 Å². The number of carbonyl (C=O) groups is 1. The molecule has 2 atom stereocenters. The van der Waals surface area contributed by atoms with Crippen molar-refractivity contribution < 1.29 is 4.79 Å². The highest BCUT2D eigenvalue weighted by Gasteiger charge is 2.37. The number of hydrogen-bond donors (Lipinski definition) is 0. The van der Waals surface area contributed by atoms with E-state index in [0.717, 1.165) is 6.54 Å². The number of amides is 1. The molecule has 0 bridgehead atoms. The summed E-state index contributed by atoms with van der Waals surface area (Å²) in [7, 11) is 0. The summed E-state index contributed by atoms with van der Waals surface area (Å²) in [5.41, 5.74) is 2.50. The number of allylic oxidation sites excluding steroid dienone is 2. The Morgan fingerprint density at radius 2 is 2.00 bits per heavy atom. The number of fused-ring (bicyclic) bond motifs is 1. The first-order valence-electron chi connectivity index (χ1n) is 6.44. The number of hydrogen-bond acceptors (Lipinski definition) is 1. The summed E-state index contributed by atoms with van der Waals surface area (Å²) in [5.74, 6) is 0.635. The summed E-state index contributed by atoms with van der Waals surface area (Å²) in [6.45, 7) is 2.83. The van der Waals surface area contributed by atoms with Crippen molar-refractivity contribution in [1.82, 2.24) is 4.90 Å². The zero-order chi connectivity index (χ0) is 12.5. The Kier molecular flexibility index (Phi) is 2.78. The van der Waals surface area contributed by atoms with Crippen LogP contribution in [0.15, 0.2) is 48.6 Å². The van der Waals surface area contributed by atoms with Gasteiger partial charge in [-0.05, 0) is 18.1 Å². The van der Waals surface area contributed by atoms with Crippen LogP contribution in [0, 0.1) is 12.8 Å². The highest BCUT2D eigenvalue weighted by atomic mass is 16.2. The van der Waals surface area contributed by atoms with Gasteiger partial charge in [-0.25, -0.2) is 0 Å². The minimum absolute atomic E-state index is 0.252. The van der Waals surface area contributed by atoms with Gasteiger partial charge in [-0.1, -0.05) is 48.6 Å². The maximum Gasteiger partial charge on any atom is 0.224 e. The molecule has 1 aromatic rings. The van der Waals surface area contributed by atoms with Crippen LogP contribution in [0.4, 0.5) is 0 Å². The molecule has 0 saturated carbocycles. The highest BCUT2D eigenvalue weighted by Crippen LogP contribution is 2.31. The van der Waals surface area contributed by atoms with Gasteiger partial charge in [-0.15, -0.1) is 0 Å². The van der Waals surface area contributed by atoms with Gasteiger partial charge in [0, 0.05) is 18.9 Å². The molecule has 2 nitrogen and oxygen atoms in total. The molecule has 0 radical (unpaired) electrons. The zero-order valence-electron chi connectivity index (χ0n) is 10.5. The predicted molar refractivity (Wildman–Crippen MR) is 71.9 cm³/mol. The smallest absolute Gasteiger partial charge is 0.224 e. The van der Waals surface area contributed by atoms with Gasteiger partial charge in [0.2, 0.25) is 5.91 Å². The third-order valence-electron chi connectivity index (χ3n) is 3.91. The van der Waals surface area contributed by atoms with E-state index in [1.165, 1.54) is 11.1 Å². The Morgan fingerprint density at radius 3 is 2.83 bits per heavy atom. The SMILES string of the molecule is Cc1ccccc1CN1C(=O)CC2C=CC=CC21. The summed E-state index contributed by atoms with van der Waals surface area (Å²) >= 11 is 0. The Labute approximate surface area is 108 Å². The van der Waals surface area contributed by atoms with E-state index < -0.39 is 0 Å². The first-order chi connectivity index (χ1) is 8.75. The normalized spacial score (nSPS) is 25.6. The van der Waals surface area contributed by atoms with Crippen LogP contribution in [-0.2, 0) is 11.3 Å². The number of carbonyl (C=O) groups excluding carboxylic acids is 1. The van der Waals surface area contributed by atoms with Crippen LogP contribution in [0.25, 0.3) is 0 Å². The maximum absolute atomic E-state index is 12.1. The largest absolute Gasteiger partial charge is 0.331 e. The van der Waals surface area contributed by atoms with Gasteiger partial charge in [0.05, 0.1) is 6.04 Å². The molecule has 1 fully saturated rings. The third-order valence-corrected chi connectivity index (χ3v) is 3.91. The van der Waals surface area contributed by atoms with E-state index in [-0.39, 0.29) is 11.9 Å². The highest BCUT2D eigenvalue weighted by molar-refractivity contribution is 5.80. The lowest BCUT2D eigenvalue weighted by Gasteiger charge is -2.26. The van der Waals surface area contributed by atoms with Crippen LogP contribution in [0.2, 0.25) is 0 Å². The lowest BCUT2D eigenvalue weighted by Crippen LogP contribution is -2.33. The molecular formula is C16H17NO. The van der Waals surface area contributed by atoms with E-state index in [4.69, 9.17) is 0 Å². The van der Waals surface area contributed by atoms with Crippen molar-refractivity contribution in [3.63, 3.8) is 0 Å². The van der Waals surface area contributed by atoms with E-state index in [0.29, 0.717) is 12.3 Å². The van der Waals surface area contributed by atoms with Crippen molar-refractivity contribution in [2.24, 2.45) is 5.92 Å². The summed E-state index contributed by atoms with van der Waals surface area (Å²) < 4.78 is 0. The molecule has 0 N–H and O–H groups in total. The minimum Gasteiger partial charge on any atom is -0.331 e. The van der Waals surface area contributed by atoms with E-state index in [2.05, 4.69) is 31.2 Å². The van der Waals surface area contributed by atoms with Gasteiger partial charge in [0.1, 0.15) is 0 Å². The van der Waals surface area contributed by atoms with Crippen LogP contribution >= 0.6 is 0 Å². The second-order valence-electron chi connectivity index (χ2n) is 5.08. The van der Waals surface area contributed by atoms with Crippen LogP contribution < -0.4 is 0 Å². The van der Waals surface area contributed by atoms with Gasteiger partial charge in [0.25, 0.3) is 0 Å². The molecule has 0 aromatic heterocycles. The molecule has 18 heavy (non-hydrogen) atoms. The quantitative estimate of drug-likeness (QED) is 0.777. The Hall–Kier alpha value is -1.83. The minimum atomic E-state index is 0.252. The molecule has 1 saturated heterocycles. The molecule has 1 aliphatic heterocycles. The van der Waals surface area contributed by atoms with E-state index in [1.807, 2.05) is 29.2 Å². The van der Waals surface area contributed by atoms with Gasteiger partial charge in [-0.2, -0.15) is 0 Å². The van der Waals surface area contributed by atoms with Crippen molar-refractivity contribution in [2.45, 2.75) is 25.9 Å². The molecular weight excluding hydrogens is 222 g/mol. The van der Waals surface area contributed by atoms with Crippen LogP contribution in [0.5, 0.6) is 0 Å². The monoisotopic (exact) mass is 239 g/mol. The zero-order valence-corrected chi connectivity index (χ0v) is 10.5. The lowest BCUT2D eigenvalue weighted by atomic mass is 9.96. The topological polar surface area (TPSA) is 20.3 Å². The van der Waals surface area contributed by atoms with Gasteiger partial charge < -0.3 is 4.90 Å². The summed E-state index contributed by atoms with van der Waals surface area (Å²) in [4.78, 5) is 14.1. The van der Waals surface area contributed by atoms with E-state index in [9.17, 15) is 4.79 Å². The fourth-order valence-electron chi connectivity index (χ4n) is 2.81. The number of benzene rings is 1. The average molecular weight is 239 g/mol. The molecule has 2 heteroatoms. The molecule has 1 heterocycles. The maximum atomic E-state index is 12.1. The number of aryl methyl sites for hydroxylation is 1. The lowest BCUT2D eigenvalue weighted by molar-refractivity contribution is -0.129. The Balaban J connectivity index is 1.84. The van der Waals surface area contributed by atoms with Crippen molar-refractivity contribution in [1.29, 1.82) is 0 Å². The second kappa shape index (κ2) is 4.45. The van der Waals surface area contributed by atoms with E-state index >= 15 is 0 Å². The van der Waals surface area contributed by atoms with E-state index in [1.54, 1.807) is 0 Å². The van der Waals surface area contributed by atoms with Crippen molar-refractivity contribution in [3.05, 3.63) is 59.7 Å². The molecule has 92 valence electrons. The molecule has 1 aliphatic carbocycles. The molecule has 2 unspecified atom stereocenters. The Morgan fingerprint density at radius 1 is 1.22 bits per heavy atom. The fourth-order valence-corrected chi connectivity index (χ4v) is 2.81. The van der Waals surface area contributed by atoms with Crippen LogP contribution in [0.1, 0.15) is 17.5 Å². The second-order valence-corrected chi connectivity index (χ2v) is 5.08. The van der Waals surface area contributed by atoms with Crippen molar-refractivity contribution >= 4 is 5.91 Å². The first kappa shape index (κ1) is 11.3. The molecule has 1 amide bonds. The first-order valence-corrected chi connectivity index (χ1v) is 6.44. The van der Waals surface area contributed by atoms with Crippen molar-refractivity contribution in [2.75, 3.05) is 0 Å². The standard InChI is InChI=1S/C16H17NO/c1-12-6-2-3-8-14(12)11-17-15-9-5-4-7-13(15)10-16(17)18/h2-9,13,15H,10-11H2,1H3. The fraction of sp³-hybridized carbons (Fsp3) is 0.312. The predicted octanol–water partition coefficient (Wildman–Crippen LogP) is 2.84. The van der Waals surface area contributed by atoms with Crippen LogP contribution in [-0.4, -0.2) is 16.8 Å². The summed E-state index contributed by atoms with van der Waals surface area (Å²) in [5, 5.41) is 0. The summed E-state index contributed by atoms with van der Waals surface area (Å²) in [6, 6.07) is 8.54. The number of likely N-dealkylation sites (tertiary alicyclic amines) is 1.